The third-order valence-corrected chi connectivity index (χ3v) is 4.44. The van der Waals surface area contributed by atoms with Crippen molar-refractivity contribution in [1.82, 2.24) is 4.98 Å². The standard InChI is InChI=1S/C18H28N2O4/c1-4-23-10-11-24-16-8-7-15(13-19-16)20-17(21)18(22-3)9-5-6-14(2)12-18/h7-8,13-14H,4-6,9-12H2,1-3H3,(H,20,21)/t14-,18+/m0/s1. The quantitative estimate of drug-likeness (QED) is 0.739. The van der Waals surface area contributed by atoms with Crippen molar-refractivity contribution in [1.29, 1.82) is 0 Å². The van der Waals surface area contributed by atoms with Crippen LogP contribution in [0.1, 0.15) is 39.5 Å². The molecule has 6 heteroatoms. The Morgan fingerprint density at radius 1 is 1.42 bits per heavy atom. The average Bonchev–Trinajstić information content (AvgIpc) is 2.60. The van der Waals surface area contributed by atoms with Gasteiger partial charge >= 0.3 is 0 Å². The molecule has 0 bridgehead atoms. The Morgan fingerprint density at radius 3 is 2.88 bits per heavy atom. The zero-order chi connectivity index (χ0) is 17.4. The van der Waals surface area contributed by atoms with E-state index in [1.54, 1.807) is 25.4 Å². The van der Waals surface area contributed by atoms with Crippen molar-refractivity contribution in [2.24, 2.45) is 5.92 Å². The van der Waals surface area contributed by atoms with Gasteiger partial charge in [0, 0.05) is 19.8 Å². The third-order valence-electron chi connectivity index (χ3n) is 4.44. The van der Waals surface area contributed by atoms with E-state index in [0.29, 0.717) is 37.3 Å². The van der Waals surface area contributed by atoms with Crippen LogP contribution in [0.3, 0.4) is 0 Å². The summed E-state index contributed by atoms with van der Waals surface area (Å²) < 4.78 is 16.3. The molecule has 0 spiro atoms. The Hall–Kier alpha value is -1.66. The van der Waals surface area contributed by atoms with Crippen LogP contribution in [0.25, 0.3) is 0 Å². The van der Waals surface area contributed by atoms with Gasteiger partial charge in [-0.05, 0) is 38.2 Å². The van der Waals surface area contributed by atoms with Gasteiger partial charge in [0.25, 0.3) is 5.91 Å². The molecule has 1 aromatic heterocycles. The lowest BCUT2D eigenvalue weighted by molar-refractivity contribution is -0.143. The number of aromatic nitrogens is 1. The van der Waals surface area contributed by atoms with Gasteiger partial charge < -0.3 is 19.5 Å². The first-order valence-electron chi connectivity index (χ1n) is 8.63. The minimum atomic E-state index is -0.732. The molecular formula is C18H28N2O4. The summed E-state index contributed by atoms with van der Waals surface area (Å²) in [7, 11) is 1.62. The summed E-state index contributed by atoms with van der Waals surface area (Å²) in [5.74, 6) is 0.910. The van der Waals surface area contributed by atoms with Crippen molar-refractivity contribution in [2.75, 3.05) is 32.2 Å². The summed E-state index contributed by atoms with van der Waals surface area (Å²) in [6.45, 7) is 5.76. The van der Waals surface area contributed by atoms with Gasteiger partial charge in [-0.15, -0.1) is 0 Å². The highest BCUT2D eigenvalue weighted by Gasteiger charge is 2.41. The number of pyridine rings is 1. The highest BCUT2D eigenvalue weighted by molar-refractivity contribution is 5.97. The molecule has 2 atom stereocenters. The number of amides is 1. The van der Waals surface area contributed by atoms with E-state index in [1.807, 2.05) is 6.92 Å². The van der Waals surface area contributed by atoms with Crippen molar-refractivity contribution < 1.29 is 19.0 Å². The minimum Gasteiger partial charge on any atom is -0.475 e. The van der Waals surface area contributed by atoms with Crippen molar-refractivity contribution in [2.45, 2.75) is 45.1 Å². The van der Waals surface area contributed by atoms with E-state index < -0.39 is 5.60 Å². The molecule has 2 rings (SSSR count). The summed E-state index contributed by atoms with van der Waals surface area (Å²) in [6.07, 6.45) is 5.26. The zero-order valence-electron chi connectivity index (χ0n) is 14.8. The molecule has 1 amide bonds. The normalized spacial score (nSPS) is 23.7. The second-order valence-electron chi connectivity index (χ2n) is 6.28. The molecule has 0 aliphatic heterocycles. The molecule has 1 aromatic rings. The van der Waals surface area contributed by atoms with Gasteiger partial charge in [-0.1, -0.05) is 13.3 Å². The van der Waals surface area contributed by atoms with Crippen LogP contribution in [0.5, 0.6) is 5.88 Å². The number of hydrogen-bond donors (Lipinski definition) is 1. The molecule has 1 heterocycles. The molecule has 0 aromatic carbocycles. The maximum atomic E-state index is 12.7. The van der Waals surface area contributed by atoms with Gasteiger partial charge in [-0.2, -0.15) is 0 Å². The molecule has 1 fully saturated rings. The van der Waals surface area contributed by atoms with Gasteiger partial charge in [0.1, 0.15) is 12.2 Å². The highest BCUT2D eigenvalue weighted by atomic mass is 16.5. The number of anilines is 1. The fraction of sp³-hybridized carbons (Fsp3) is 0.667. The number of methoxy groups -OCH3 is 1. The summed E-state index contributed by atoms with van der Waals surface area (Å²) in [5.41, 5.74) is -0.0866. The van der Waals surface area contributed by atoms with Gasteiger partial charge in [0.15, 0.2) is 0 Å². The number of nitrogens with one attached hydrogen (secondary N) is 1. The molecule has 1 aliphatic rings. The van der Waals surface area contributed by atoms with Crippen LogP contribution in [0.15, 0.2) is 18.3 Å². The van der Waals surface area contributed by atoms with E-state index in [4.69, 9.17) is 14.2 Å². The molecule has 24 heavy (non-hydrogen) atoms. The van der Waals surface area contributed by atoms with Gasteiger partial charge in [-0.3, -0.25) is 4.79 Å². The molecule has 1 N–H and O–H groups in total. The van der Waals surface area contributed by atoms with Crippen LogP contribution in [-0.2, 0) is 14.3 Å². The number of hydrogen-bond acceptors (Lipinski definition) is 5. The van der Waals surface area contributed by atoms with Crippen molar-refractivity contribution in [3.63, 3.8) is 0 Å². The Balaban J connectivity index is 1.91. The lowest BCUT2D eigenvalue weighted by Gasteiger charge is -2.37. The number of nitrogens with zero attached hydrogens (tertiary/aromatic N) is 1. The second-order valence-corrected chi connectivity index (χ2v) is 6.28. The van der Waals surface area contributed by atoms with Gasteiger partial charge in [0.05, 0.1) is 18.5 Å². The van der Waals surface area contributed by atoms with Crippen molar-refractivity contribution in [3.8, 4) is 5.88 Å². The molecule has 0 unspecified atom stereocenters. The largest absolute Gasteiger partial charge is 0.475 e. The fourth-order valence-electron chi connectivity index (χ4n) is 3.12. The van der Waals surface area contributed by atoms with Gasteiger partial charge in [-0.25, -0.2) is 4.98 Å². The van der Waals surface area contributed by atoms with Crippen LogP contribution in [-0.4, -0.2) is 43.4 Å². The molecule has 0 radical (unpaired) electrons. The molecule has 1 saturated carbocycles. The first kappa shape index (κ1) is 18.7. The number of rotatable bonds is 8. The Labute approximate surface area is 143 Å². The number of carbonyl (C=O) groups excluding carboxylic acids is 1. The molecular weight excluding hydrogens is 308 g/mol. The van der Waals surface area contributed by atoms with E-state index in [9.17, 15) is 4.79 Å². The monoisotopic (exact) mass is 336 g/mol. The lowest BCUT2D eigenvalue weighted by Crippen LogP contribution is -2.47. The number of ether oxygens (including phenoxy) is 3. The third kappa shape index (κ3) is 4.92. The lowest BCUT2D eigenvalue weighted by atomic mass is 9.78. The molecule has 6 nitrogen and oxygen atoms in total. The predicted molar refractivity (Wildman–Crippen MR) is 92.2 cm³/mol. The van der Waals surface area contributed by atoms with Crippen molar-refractivity contribution >= 4 is 11.6 Å². The molecule has 1 aliphatic carbocycles. The summed E-state index contributed by atoms with van der Waals surface area (Å²) in [5, 5.41) is 2.92. The SMILES string of the molecule is CCOCCOc1ccc(NC(=O)[C@@]2(OC)CCC[C@H](C)C2)cn1. The molecule has 134 valence electrons. The molecule has 0 saturated heterocycles. The first-order valence-corrected chi connectivity index (χ1v) is 8.63. The number of carbonyl (C=O) groups is 1. The summed E-state index contributed by atoms with van der Waals surface area (Å²) in [4.78, 5) is 16.9. The van der Waals surface area contributed by atoms with Crippen LogP contribution in [0.4, 0.5) is 5.69 Å². The topological polar surface area (TPSA) is 69.7 Å². The van der Waals surface area contributed by atoms with Crippen molar-refractivity contribution in [3.05, 3.63) is 18.3 Å². The maximum absolute atomic E-state index is 12.7. The van der Waals surface area contributed by atoms with E-state index in [-0.39, 0.29) is 5.91 Å². The first-order chi connectivity index (χ1) is 11.6. The zero-order valence-corrected chi connectivity index (χ0v) is 14.8. The maximum Gasteiger partial charge on any atom is 0.256 e. The van der Waals surface area contributed by atoms with E-state index in [0.717, 1.165) is 25.7 Å². The van der Waals surface area contributed by atoms with E-state index in [2.05, 4.69) is 17.2 Å². The van der Waals surface area contributed by atoms with Crippen LogP contribution < -0.4 is 10.1 Å². The van der Waals surface area contributed by atoms with Crippen LogP contribution >= 0.6 is 0 Å². The highest BCUT2D eigenvalue weighted by Crippen LogP contribution is 2.35. The van der Waals surface area contributed by atoms with Crippen LogP contribution in [0.2, 0.25) is 0 Å². The van der Waals surface area contributed by atoms with Gasteiger partial charge in [0.2, 0.25) is 5.88 Å². The summed E-state index contributed by atoms with van der Waals surface area (Å²) in [6, 6.07) is 3.53. The average molecular weight is 336 g/mol. The van der Waals surface area contributed by atoms with Crippen LogP contribution in [0, 0.1) is 5.92 Å². The Morgan fingerprint density at radius 2 is 2.25 bits per heavy atom. The smallest absolute Gasteiger partial charge is 0.256 e. The Bertz CT molecular complexity index is 520. The fourth-order valence-corrected chi connectivity index (χ4v) is 3.12. The predicted octanol–water partition coefficient (Wildman–Crippen LogP) is 3.03. The Kier molecular flexibility index (Phi) is 6.99. The second kappa shape index (κ2) is 8.99. The minimum absolute atomic E-state index is 0.0941. The summed E-state index contributed by atoms with van der Waals surface area (Å²) >= 11 is 0. The van der Waals surface area contributed by atoms with E-state index >= 15 is 0 Å². The van der Waals surface area contributed by atoms with E-state index in [1.165, 1.54) is 0 Å².